The minimum atomic E-state index is -1.04. The average molecular weight is 518 g/mol. The number of rotatable bonds is 15. The fraction of sp³-hybridized carbons (Fsp3) is 0.759. The molecule has 0 aromatic heterocycles. The fourth-order valence-corrected chi connectivity index (χ4v) is 6.91. The summed E-state index contributed by atoms with van der Waals surface area (Å²) in [4.78, 5) is 47.7. The van der Waals surface area contributed by atoms with Crippen LogP contribution < -0.4 is 0 Å². The molecule has 8 heteroatoms. The molecule has 0 aliphatic carbocycles. The van der Waals surface area contributed by atoms with Crippen molar-refractivity contribution in [2.75, 3.05) is 39.3 Å². The normalized spacial score (nSPS) is 31.9. The molecule has 0 aromatic carbocycles. The first-order valence-electron chi connectivity index (χ1n) is 14.1. The van der Waals surface area contributed by atoms with Crippen molar-refractivity contribution < 1.29 is 24.2 Å². The zero-order chi connectivity index (χ0) is 27.4. The van der Waals surface area contributed by atoms with Gasteiger partial charge in [0, 0.05) is 39.3 Å². The Balaban J connectivity index is 2.08. The summed E-state index contributed by atoms with van der Waals surface area (Å²) in [5.74, 6) is -1.74. The lowest BCUT2D eigenvalue weighted by Gasteiger charge is -2.39. The van der Waals surface area contributed by atoms with E-state index in [0.717, 1.165) is 19.3 Å². The molecule has 3 aliphatic rings. The first-order chi connectivity index (χ1) is 17.7. The van der Waals surface area contributed by atoms with Crippen LogP contribution in [0.1, 0.15) is 66.2 Å². The molecule has 3 heterocycles. The van der Waals surface area contributed by atoms with E-state index in [4.69, 9.17) is 4.74 Å². The van der Waals surface area contributed by atoms with Crippen molar-refractivity contribution in [1.29, 1.82) is 0 Å². The number of likely N-dealkylation sites (tertiary alicyclic amines) is 1. The van der Waals surface area contributed by atoms with Crippen LogP contribution in [0.4, 0.5) is 0 Å². The van der Waals surface area contributed by atoms with E-state index in [1.807, 2.05) is 13.8 Å². The van der Waals surface area contributed by atoms with Crippen LogP contribution in [-0.2, 0) is 19.1 Å². The lowest BCUT2D eigenvalue weighted by atomic mass is 9.62. The third-order valence-corrected chi connectivity index (χ3v) is 8.72. The molecule has 3 amide bonds. The number of unbranched alkanes of at least 4 members (excludes halogenated alkanes) is 2. The molecule has 208 valence electrons. The van der Waals surface area contributed by atoms with Crippen LogP contribution >= 0.6 is 0 Å². The van der Waals surface area contributed by atoms with Crippen LogP contribution in [0, 0.1) is 17.8 Å². The van der Waals surface area contributed by atoms with Crippen LogP contribution in [0.25, 0.3) is 0 Å². The van der Waals surface area contributed by atoms with Gasteiger partial charge in [-0.15, -0.1) is 13.2 Å². The Labute approximate surface area is 222 Å². The van der Waals surface area contributed by atoms with Gasteiger partial charge in [-0.05, 0) is 44.9 Å². The molecule has 2 bridgehead atoms. The van der Waals surface area contributed by atoms with Crippen molar-refractivity contribution in [3.63, 3.8) is 0 Å². The Morgan fingerprint density at radius 3 is 2.30 bits per heavy atom. The van der Waals surface area contributed by atoms with E-state index in [1.165, 1.54) is 0 Å². The highest BCUT2D eigenvalue weighted by atomic mass is 16.5. The molecule has 8 nitrogen and oxygen atoms in total. The van der Waals surface area contributed by atoms with Crippen LogP contribution in [-0.4, -0.2) is 94.1 Å². The van der Waals surface area contributed by atoms with Gasteiger partial charge >= 0.3 is 0 Å². The van der Waals surface area contributed by atoms with Gasteiger partial charge in [-0.1, -0.05) is 39.3 Å². The Kier molecular flexibility index (Phi) is 9.62. The SMILES string of the molecule is C=CCN(CCCC)C(=O)C1N(CCCCO)C(=O)[C@@H]2[C@@H](C(=O)N(CC=C)CCC)[C@]3(C)OC12CC3C. The Morgan fingerprint density at radius 1 is 1.08 bits per heavy atom. The van der Waals surface area contributed by atoms with E-state index >= 15 is 0 Å². The Hall–Kier alpha value is -2.19. The van der Waals surface area contributed by atoms with Gasteiger partial charge < -0.3 is 24.5 Å². The highest BCUT2D eigenvalue weighted by Crippen LogP contribution is 2.65. The highest BCUT2D eigenvalue weighted by molar-refractivity contribution is 5.99. The molecular weight excluding hydrogens is 470 g/mol. The lowest BCUT2D eigenvalue weighted by molar-refractivity contribution is -0.154. The summed E-state index contributed by atoms with van der Waals surface area (Å²) < 4.78 is 6.84. The van der Waals surface area contributed by atoms with Crippen LogP contribution in [0.15, 0.2) is 25.3 Å². The Bertz CT molecular complexity index is 878. The van der Waals surface area contributed by atoms with Crippen LogP contribution in [0.5, 0.6) is 0 Å². The number of aliphatic hydroxyl groups excluding tert-OH is 1. The predicted octanol–water partition coefficient (Wildman–Crippen LogP) is 3.01. The number of fused-ring (bicyclic) bond motifs is 1. The third kappa shape index (κ3) is 4.99. The van der Waals surface area contributed by atoms with Crippen LogP contribution in [0.2, 0.25) is 0 Å². The van der Waals surface area contributed by atoms with Gasteiger partial charge in [0.2, 0.25) is 17.7 Å². The van der Waals surface area contributed by atoms with Gasteiger partial charge in [0.05, 0.1) is 17.4 Å². The van der Waals surface area contributed by atoms with E-state index in [9.17, 15) is 19.5 Å². The second kappa shape index (κ2) is 12.1. The molecule has 0 aromatic rings. The molecule has 3 fully saturated rings. The maximum Gasteiger partial charge on any atom is 0.248 e. The van der Waals surface area contributed by atoms with Crippen molar-refractivity contribution in [2.45, 2.75) is 83.5 Å². The number of hydrogen-bond donors (Lipinski definition) is 1. The standard InChI is InChI=1S/C29H47N3O5/c1-7-11-17-31(16-10-4)27(36)24-29-20-21(5)28(6,37-29)22(25(34)30(14-8-2)15-9-3)23(29)26(35)32(24)18-12-13-19-33/h8,10,21-24,33H,2,4,7,9,11-20H2,1,3,5-6H3/t21?,22-,23-,24?,28+,29?/m0/s1. The molecule has 6 atom stereocenters. The minimum absolute atomic E-state index is 0.00824. The van der Waals surface area contributed by atoms with E-state index in [1.54, 1.807) is 26.9 Å². The maximum absolute atomic E-state index is 14.2. The van der Waals surface area contributed by atoms with Crippen molar-refractivity contribution in [3.8, 4) is 0 Å². The topological polar surface area (TPSA) is 90.4 Å². The first kappa shape index (κ1) is 29.4. The summed E-state index contributed by atoms with van der Waals surface area (Å²) in [6, 6.07) is -0.790. The van der Waals surface area contributed by atoms with Crippen molar-refractivity contribution >= 4 is 17.7 Å². The summed E-state index contributed by atoms with van der Waals surface area (Å²) in [6.45, 7) is 18.1. The highest BCUT2D eigenvalue weighted by Gasteiger charge is 2.80. The van der Waals surface area contributed by atoms with Gasteiger partial charge in [-0.25, -0.2) is 0 Å². The summed E-state index contributed by atoms with van der Waals surface area (Å²) in [5, 5.41) is 9.37. The zero-order valence-corrected chi connectivity index (χ0v) is 23.3. The van der Waals surface area contributed by atoms with Crippen molar-refractivity contribution in [2.24, 2.45) is 17.8 Å². The fourth-order valence-electron chi connectivity index (χ4n) is 6.91. The molecule has 3 rings (SSSR count). The average Bonchev–Trinajstić information content (AvgIpc) is 3.37. The molecule has 0 saturated carbocycles. The van der Waals surface area contributed by atoms with E-state index < -0.39 is 29.1 Å². The molecule has 0 radical (unpaired) electrons. The van der Waals surface area contributed by atoms with Crippen molar-refractivity contribution in [1.82, 2.24) is 14.7 Å². The molecular formula is C29H47N3O5. The molecule has 37 heavy (non-hydrogen) atoms. The second-order valence-electron chi connectivity index (χ2n) is 11.2. The number of carbonyl (C=O) groups is 3. The zero-order valence-electron chi connectivity index (χ0n) is 23.3. The number of aliphatic hydroxyl groups is 1. The second-order valence-corrected chi connectivity index (χ2v) is 11.2. The summed E-state index contributed by atoms with van der Waals surface area (Å²) >= 11 is 0. The van der Waals surface area contributed by atoms with E-state index in [2.05, 4.69) is 27.0 Å². The van der Waals surface area contributed by atoms with E-state index in [0.29, 0.717) is 52.0 Å². The van der Waals surface area contributed by atoms with Gasteiger partial charge in [-0.3, -0.25) is 14.4 Å². The Morgan fingerprint density at radius 2 is 1.73 bits per heavy atom. The van der Waals surface area contributed by atoms with Gasteiger partial charge in [0.1, 0.15) is 11.6 Å². The molecule has 1 spiro atoms. The largest absolute Gasteiger partial charge is 0.396 e. The number of amides is 3. The molecule has 1 N–H and O–H groups in total. The minimum Gasteiger partial charge on any atom is -0.396 e. The third-order valence-electron chi connectivity index (χ3n) is 8.72. The quantitative estimate of drug-likeness (QED) is 0.266. The lowest BCUT2D eigenvalue weighted by Crippen LogP contribution is -2.57. The van der Waals surface area contributed by atoms with Gasteiger partial charge in [-0.2, -0.15) is 0 Å². The van der Waals surface area contributed by atoms with Gasteiger partial charge in [0.15, 0.2) is 0 Å². The summed E-state index contributed by atoms with van der Waals surface area (Å²) in [6.07, 6.45) is 7.70. The molecule has 3 saturated heterocycles. The summed E-state index contributed by atoms with van der Waals surface area (Å²) in [7, 11) is 0. The molecule has 3 aliphatic heterocycles. The number of hydrogen-bond acceptors (Lipinski definition) is 5. The molecule has 3 unspecified atom stereocenters. The summed E-state index contributed by atoms with van der Waals surface area (Å²) in [5.41, 5.74) is -1.87. The number of ether oxygens (including phenoxy) is 1. The maximum atomic E-state index is 14.2. The predicted molar refractivity (Wildman–Crippen MR) is 144 cm³/mol. The van der Waals surface area contributed by atoms with E-state index in [-0.39, 0.29) is 30.2 Å². The van der Waals surface area contributed by atoms with Crippen LogP contribution in [0.3, 0.4) is 0 Å². The van der Waals surface area contributed by atoms with Crippen molar-refractivity contribution in [3.05, 3.63) is 25.3 Å². The van der Waals surface area contributed by atoms with Gasteiger partial charge in [0.25, 0.3) is 0 Å². The number of nitrogens with zero attached hydrogens (tertiary/aromatic N) is 3. The number of carbonyl (C=O) groups excluding carboxylic acids is 3. The smallest absolute Gasteiger partial charge is 0.248 e. The monoisotopic (exact) mass is 517 g/mol. The first-order valence-corrected chi connectivity index (χ1v) is 14.1.